The van der Waals surface area contributed by atoms with Gasteiger partial charge < -0.3 is 9.47 Å². The summed E-state index contributed by atoms with van der Waals surface area (Å²) in [6.45, 7) is 2.38. The van der Waals surface area contributed by atoms with E-state index in [-0.39, 0.29) is 12.4 Å². The third kappa shape index (κ3) is 3.14. The van der Waals surface area contributed by atoms with Crippen molar-refractivity contribution in [3.05, 3.63) is 35.9 Å². The van der Waals surface area contributed by atoms with Crippen LogP contribution in [0.1, 0.15) is 31.4 Å². The smallest absolute Gasteiger partial charge is 0.171 e. The van der Waals surface area contributed by atoms with E-state index in [2.05, 4.69) is 6.92 Å². The number of hydrogen-bond acceptors (Lipinski definition) is 2. The van der Waals surface area contributed by atoms with Crippen LogP contribution in [0.3, 0.4) is 0 Å². The predicted molar refractivity (Wildman–Crippen MR) is 69.4 cm³/mol. The third-order valence-corrected chi connectivity index (χ3v) is 3.37. The number of hydrogen-bond donors (Lipinski definition) is 0. The number of ether oxygens (including phenoxy) is 2. The first-order chi connectivity index (χ1) is 8.13. The molecule has 0 bridgehead atoms. The average molecular weight is 275 g/mol. The normalized spacial score (nSPS) is 27.9. The molecule has 1 aromatic rings. The molecule has 1 saturated heterocycles. The van der Waals surface area contributed by atoms with Gasteiger partial charge in [0.1, 0.15) is 6.10 Å². The molecule has 1 heterocycles. The predicted octanol–water partition coefficient (Wildman–Crippen LogP) is 4.07. The van der Waals surface area contributed by atoms with Crippen LogP contribution in [-0.2, 0) is 9.47 Å². The molecule has 1 aromatic carbocycles. The van der Waals surface area contributed by atoms with E-state index < -0.39 is 4.33 Å². The quantitative estimate of drug-likeness (QED) is 0.774. The van der Waals surface area contributed by atoms with E-state index in [1.165, 1.54) is 0 Å². The summed E-state index contributed by atoms with van der Waals surface area (Å²) >= 11 is 12.5. The van der Waals surface area contributed by atoms with E-state index in [4.69, 9.17) is 32.7 Å². The van der Waals surface area contributed by atoms with Crippen LogP contribution in [0.15, 0.2) is 30.3 Å². The maximum Gasteiger partial charge on any atom is 0.171 e. The fourth-order valence-corrected chi connectivity index (χ4v) is 2.39. The van der Waals surface area contributed by atoms with Crippen LogP contribution in [0.5, 0.6) is 0 Å². The molecule has 17 heavy (non-hydrogen) atoms. The average Bonchev–Trinajstić information content (AvgIpc) is 2.33. The summed E-state index contributed by atoms with van der Waals surface area (Å²) < 4.78 is 10.3. The van der Waals surface area contributed by atoms with Gasteiger partial charge in [0.2, 0.25) is 0 Å². The maximum atomic E-state index is 6.25. The lowest BCUT2D eigenvalue weighted by molar-refractivity contribution is -0.221. The van der Waals surface area contributed by atoms with Crippen LogP contribution >= 0.6 is 23.2 Å². The second kappa shape index (κ2) is 5.57. The molecular formula is C13H16Cl2O2. The van der Waals surface area contributed by atoms with Gasteiger partial charge in [-0.25, -0.2) is 0 Å². The van der Waals surface area contributed by atoms with Gasteiger partial charge in [0, 0.05) is 0 Å². The molecule has 0 saturated carbocycles. The van der Waals surface area contributed by atoms with Gasteiger partial charge in [-0.2, -0.15) is 0 Å². The molecule has 0 aromatic heterocycles. The molecule has 1 fully saturated rings. The van der Waals surface area contributed by atoms with Crippen LogP contribution in [0.2, 0.25) is 0 Å². The minimum atomic E-state index is -1.02. The van der Waals surface area contributed by atoms with Gasteiger partial charge in [-0.1, -0.05) is 66.9 Å². The largest absolute Gasteiger partial charge is 0.349 e. The standard InChI is InChI=1S/C13H16Cl2O2/c1-2-6-11-16-9-13(14,15)12(17-11)10-7-4-3-5-8-10/h3-5,7-8,11-12H,2,6,9H2,1H3/t11-,12+/m1/s1. The Kier molecular flexibility index (Phi) is 4.31. The third-order valence-electron chi connectivity index (χ3n) is 2.76. The summed E-state index contributed by atoms with van der Waals surface area (Å²) in [4.78, 5) is 0. The van der Waals surface area contributed by atoms with E-state index >= 15 is 0 Å². The molecule has 0 spiro atoms. The molecule has 0 unspecified atom stereocenters. The Hall–Kier alpha value is -0.280. The molecule has 4 heteroatoms. The van der Waals surface area contributed by atoms with E-state index in [0.717, 1.165) is 18.4 Å². The van der Waals surface area contributed by atoms with Crippen molar-refractivity contribution in [1.82, 2.24) is 0 Å². The van der Waals surface area contributed by atoms with Crippen LogP contribution in [0.4, 0.5) is 0 Å². The Bertz CT molecular complexity index is 354. The Morgan fingerprint density at radius 2 is 2.00 bits per heavy atom. The first-order valence-electron chi connectivity index (χ1n) is 5.83. The van der Waals surface area contributed by atoms with Crippen LogP contribution in [0, 0.1) is 0 Å². The zero-order chi connectivity index (χ0) is 12.3. The summed E-state index contributed by atoms with van der Waals surface area (Å²) in [6, 6.07) is 9.80. The monoisotopic (exact) mass is 274 g/mol. The molecular weight excluding hydrogens is 259 g/mol. The number of alkyl halides is 2. The fourth-order valence-electron chi connectivity index (χ4n) is 1.91. The Labute approximate surface area is 112 Å². The lowest BCUT2D eigenvalue weighted by Crippen LogP contribution is -2.41. The second-order valence-electron chi connectivity index (χ2n) is 4.22. The number of rotatable bonds is 3. The minimum Gasteiger partial charge on any atom is -0.349 e. The van der Waals surface area contributed by atoms with Gasteiger partial charge in [0.05, 0.1) is 6.61 Å². The minimum absolute atomic E-state index is 0.212. The van der Waals surface area contributed by atoms with Crippen molar-refractivity contribution in [2.75, 3.05) is 6.61 Å². The Balaban J connectivity index is 2.16. The van der Waals surface area contributed by atoms with Crippen molar-refractivity contribution in [1.29, 1.82) is 0 Å². The van der Waals surface area contributed by atoms with Crippen LogP contribution < -0.4 is 0 Å². The molecule has 1 aliphatic heterocycles. The molecule has 1 aliphatic rings. The van der Waals surface area contributed by atoms with Gasteiger partial charge in [-0.3, -0.25) is 0 Å². The number of benzene rings is 1. The molecule has 94 valence electrons. The maximum absolute atomic E-state index is 6.25. The highest BCUT2D eigenvalue weighted by Gasteiger charge is 2.43. The van der Waals surface area contributed by atoms with Gasteiger partial charge in [0.25, 0.3) is 0 Å². The zero-order valence-electron chi connectivity index (χ0n) is 9.74. The first kappa shape index (κ1) is 13.2. The van der Waals surface area contributed by atoms with Gasteiger partial charge >= 0.3 is 0 Å². The zero-order valence-corrected chi connectivity index (χ0v) is 11.2. The molecule has 0 N–H and O–H groups in total. The summed E-state index contributed by atoms with van der Waals surface area (Å²) in [5.74, 6) is 0. The van der Waals surface area contributed by atoms with Crippen molar-refractivity contribution in [3.8, 4) is 0 Å². The topological polar surface area (TPSA) is 18.5 Å². The van der Waals surface area contributed by atoms with Crippen molar-refractivity contribution in [2.24, 2.45) is 0 Å². The second-order valence-corrected chi connectivity index (χ2v) is 5.76. The molecule has 0 amide bonds. The van der Waals surface area contributed by atoms with E-state index in [9.17, 15) is 0 Å². The van der Waals surface area contributed by atoms with Crippen molar-refractivity contribution >= 4 is 23.2 Å². The van der Waals surface area contributed by atoms with Crippen molar-refractivity contribution in [3.63, 3.8) is 0 Å². The van der Waals surface area contributed by atoms with Gasteiger partial charge in [-0.15, -0.1) is 0 Å². The summed E-state index contributed by atoms with van der Waals surface area (Å²) in [6.07, 6.45) is 1.31. The molecule has 2 nitrogen and oxygen atoms in total. The Morgan fingerprint density at radius 3 is 2.65 bits per heavy atom. The highest BCUT2D eigenvalue weighted by molar-refractivity contribution is 6.49. The highest BCUT2D eigenvalue weighted by atomic mass is 35.5. The van der Waals surface area contributed by atoms with Gasteiger partial charge in [0.15, 0.2) is 10.6 Å². The summed E-state index contributed by atoms with van der Waals surface area (Å²) in [5, 5.41) is 0. The van der Waals surface area contributed by atoms with Gasteiger partial charge in [-0.05, 0) is 12.0 Å². The van der Waals surface area contributed by atoms with Crippen LogP contribution in [0.25, 0.3) is 0 Å². The SMILES string of the molecule is CCC[C@@H]1OCC(Cl)(Cl)[C@H](c2ccccc2)O1. The molecule has 2 atom stereocenters. The van der Waals surface area contributed by atoms with E-state index in [0.29, 0.717) is 6.61 Å². The molecule has 0 aliphatic carbocycles. The molecule has 2 rings (SSSR count). The van der Waals surface area contributed by atoms with Crippen LogP contribution in [-0.4, -0.2) is 17.2 Å². The first-order valence-corrected chi connectivity index (χ1v) is 6.59. The lowest BCUT2D eigenvalue weighted by atomic mass is 10.1. The van der Waals surface area contributed by atoms with Crippen molar-refractivity contribution < 1.29 is 9.47 Å². The van der Waals surface area contributed by atoms with Crippen molar-refractivity contribution in [2.45, 2.75) is 36.5 Å². The fraction of sp³-hybridized carbons (Fsp3) is 0.538. The van der Waals surface area contributed by atoms with E-state index in [1.807, 2.05) is 30.3 Å². The molecule has 0 radical (unpaired) electrons. The summed E-state index contributed by atoms with van der Waals surface area (Å²) in [7, 11) is 0. The highest BCUT2D eigenvalue weighted by Crippen LogP contribution is 2.43. The van der Waals surface area contributed by atoms with E-state index in [1.54, 1.807) is 0 Å². The Morgan fingerprint density at radius 1 is 1.29 bits per heavy atom. The lowest BCUT2D eigenvalue weighted by Gasteiger charge is -2.38. The number of halogens is 2. The summed E-state index contributed by atoms with van der Waals surface area (Å²) in [5.41, 5.74) is 0.988.